The van der Waals surface area contributed by atoms with Crippen LogP contribution in [0, 0.1) is 6.92 Å². The zero-order valence-electron chi connectivity index (χ0n) is 11.8. The molecule has 0 aromatic heterocycles. The molecule has 0 radical (unpaired) electrons. The van der Waals surface area contributed by atoms with Crippen LogP contribution in [0.4, 0.5) is 11.4 Å². The van der Waals surface area contributed by atoms with E-state index in [1.54, 1.807) is 0 Å². The lowest BCUT2D eigenvalue weighted by atomic mass is 10.1. The molecule has 0 aliphatic carbocycles. The number of nitrogen functional groups attached to an aromatic ring is 1. The van der Waals surface area contributed by atoms with E-state index in [0.29, 0.717) is 5.69 Å². The topological polar surface area (TPSA) is 58.4 Å². The lowest BCUT2D eigenvalue weighted by Gasteiger charge is -2.31. The molecule has 104 valence electrons. The minimum Gasteiger partial charge on any atom is -0.399 e. The predicted octanol–water partition coefficient (Wildman–Crippen LogP) is 2.39. The van der Waals surface area contributed by atoms with Crippen LogP contribution in [-0.2, 0) is 4.79 Å². The van der Waals surface area contributed by atoms with Crippen molar-refractivity contribution < 1.29 is 4.79 Å². The van der Waals surface area contributed by atoms with Crippen molar-refractivity contribution in [3.05, 3.63) is 23.8 Å². The number of aryl methyl sites for hydroxylation is 1. The van der Waals surface area contributed by atoms with Gasteiger partial charge < -0.3 is 11.1 Å². The zero-order valence-corrected chi connectivity index (χ0v) is 11.8. The first-order chi connectivity index (χ1) is 9.08. The Morgan fingerprint density at radius 2 is 2.00 bits per heavy atom. The van der Waals surface area contributed by atoms with E-state index in [0.717, 1.165) is 24.3 Å². The number of nitrogens with zero attached hydrogens (tertiary/aromatic N) is 1. The SMILES string of the molecule is Cc1ccc(N)cc1NC(=O)[C@@H](C)N1CCCCC1. The number of anilines is 2. The smallest absolute Gasteiger partial charge is 0.241 e. The molecule has 1 aromatic carbocycles. The van der Waals surface area contributed by atoms with E-state index in [2.05, 4.69) is 10.2 Å². The van der Waals surface area contributed by atoms with Gasteiger partial charge in [-0.15, -0.1) is 0 Å². The summed E-state index contributed by atoms with van der Waals surface area (Å²) in [5.41, 5.74) is 8.28. The molecule has 1 atom stereocenters. The van der Waals surface area contributed by atoms with Crippen molar-refractivity contribution in [1.29, 1.82) is 0 Å². The highest BCUT2D eigenvalue weighted by Gasteiger charge is 2.23. The van der Waals surface area contributed by atoms with Gasteiger partial charge >= 0.3 is 0 Å². The third-order valence-corrected chi connectivity index (χ3v) is 3.84. The van der Waals surface area contributed by atoms with Crippen LogP contribution in [0.25, 0.3) is 0 Å². The summed E-state index contributed by atoms with van der Waals surface area (Å²) in [5.74, 6) is 0.0515. The molecule has 0 spiro atoms. The Morgan fingerprint density at radius 3 is 2.68 bits per heavy atom. The molecule has 1 aromatic rings. The molecule has 1 saturated heterocycles. The van der Waals surface area contributed by atoms with Crippen LogP contribution in [0.3, 0.4) is 0 Å². The van der Waals surface area contributed by atoms with Crippen molar-refractivity contribution >= 4 is 17.3 Å². The Labute approximate surface area is 115 Å². The normalized spacial score (nSPS) is 18.0. The Bertz CT molecular complexity index is 453. The first kappa shape index (κ1) is 13.9. The number of amides is 1. The predicted molar refractivity (Wildman–Crippen MR) is 79.1 cm³/mol. The molecule has 1 fully saturated rings. The molecule has 1 aliphatic heterocycles. The lowest BCUT2D eigenvalue weighted by Crippen LogP contribution is -2.44. The minimum atomic E-state index is -0.0823. The fraction of sp³-hybridized carbons (Fsp3) is 0.533. The molecule has 4 nitrogen and oxygen atoms in total. The van der Waals surface area contributed by atoms with E-state index >= 15 is 0 Å². The first-order valence-corrected chi connectivity index (χ1v) is 6.99. The van der Waals surface area contributed by atoms with Crippen molar-refractivity contribution in [3.8, 4) is 0 Å². The highest BCUT2D eigenvalue weighted by molar-refractivity contribution is 5.95. The van der Waals surface area contributed by atoms with Crippen LogP contribution in [0.5, 0.6) is 0 Å². The molecule has 0 bridgehead atoms. The summed E-state index contributed by atoms with van der Waals surface area (Å²) in [6.07, 6.45) is 3.66. The number of likely N-dealkylation sites (tertiary alicyclic amines) is 1. The second kappa shape index (κ2) is 6.06. The van der Waals surface area contributed by atoms with E-state index in [1.807, 2.05) is 32.0 Å². The van der Waals surface area contributed by atoms with E-state index in [4.69, 9.17) is 5.73 Å². The van der Waals surface area contributed by atoms with Crippen LogP contribution < -0.4 is 11.1 Å². The van der Waals surface area contributed by atoms with Crippen LogP contribution >= 0.6 is 0 Å². The van der Waals surface area contributed by atoms with Crippen LogP contribution in [0.15, 0.2) is 18.2 Å². The van der Waals surface area contributed by atoms with Crippen LogP contribution in [0.2, 0.25) is 0 Å². The average Bonchev–Trinajstić information content (AvgIpc) is 2.43. The molecular formula is C15H23N3O. The molecule has 3 N–H and O–H groups in total. The van der Waals surface area contributed by atoms with Gasteiger partial charge in [0, 0.05) is 11.4 Å². The lowest BCUT2D eigenvalue weighted by molar-refractivity contribution is -0.121. The molecule has 0 unspecified atom stereocenters. The fourth-order valence-electron chi connectivity index (χ4n) is 2.48. The van der Waals surface area contributed by atoms with Gasteiger partial charge in [-0.05, 0) is 57.5 Å². The largest absolute Gasteiger partial charge is 0.399 e. The molecule has 0 saturated carbocycles. The highest BCUT2D eigenvalue weighted by Crippen LogP contribution is 2.19. The summed E-state index contributed by atoms with van der Waals surface area (Å²) in [6.45, 7) is 5.98. The first-order valence-electron chi connectivity index (χ1n) is 6.99. The maximum absolute atomic E-state index is 12.3. The molecule has 2 rings (SSSR count). The third kappa shape index (κ3) is 3.47. The molecular weight excluding hydrogens is 238 g/mol. The molecule has 1 heterocycles. The van der Waals surface area contributed by atoms with Gasteiger partial charge in [-0.1, -0.05) is 12.5 Å². The van der Waals surface area contributed by atoms with Gasteiger partial charge in [0.05, 0.1) is 6.04 Å². The van der Waals surface area contributed by atoms with Gasteiger partial charge in [0.15, 0.2) is 0 Å². The minimum absolute atomic E-state index is 0.0515. The number of hydrogen-bond acceptors (Lipinski definition) is 3. The summed E-state index contributed by atoms with van der Waals surface area (Å²) < 4.78 is 0. The molecule has 4 heteroatoms. The van der Waals surface area contributed by atoms with Gasteiger partial charge in [0.25, 0.3) is 0 Å². The Hall–Kier alpha value is -1.55. The summed E-state index contributed by atoms with van der Waals surface area (Å²) in [4.78, 5) is 14.5. The zero-order chi connectivity index (χ0) is 13.8. The van der Waals surface area contributed by atoms with Gasteiger partial charge in [0.2, 0.25) is 5.91 Å². The number of piperidine rings is 1. The van der Waals surface area contributed by atoms with Crippen molar-refractivity contribution in [2.45, 2.75) is 39.2 Å². The van der Waals surface area contributed by atoms with E-state index in [-0.39, 0.29) is 11.9 Å². The van der Waals surface area contributed by atoms with Gasteiger partial charge in [-0.3, -0.25) is 9.69 Å². The number of benzene rings is 1. The van der Waals surface area contributed by atoms with Crippen LogP contribution in [-0.4, -0.2) is 29.9 Å². The molecule has 1 amide bonds. The average molecular weight is 261 g/mol. The van der Waals surface area contributed by atoms with Crippen molar-refractivity contribution in [1.82, 2.24) is 4.90 Å². The Balaban J connectivity index is 2.01. The number of nitrogens with two attached hydrogens (primary N) is 1. The maximum atomic E-state index is 12.3. The second-order valence-electron chi connectivity index (χ2n) is 5.34. The standard InChI is InChI=1S/C15H23N3O/c1-11-6-7-13(16)10-14(11)17-15(19)12(2)18-8-4-3-5-9-18/h6-7,10,12H,3-5,8-9,16H2,1-2H3,(H,17,19)/t12-/m1/s1. The third-order valence-electron chi connectivity index (χ3n) is 3.84. The second-order valence-corrected chi connectivity index (χ2v) is 5.34. The number of nitrogens with one attached hydrogen (secondary N) is 1. The number of hydrogen-bond donors (Lipinski definition) is 2. The summed E-state index contributed by atoms with van der Waals surface area (Å²) in [6, 6.07) is 5.51. The highest BCUT2D eigenvalue weighted by atomic mass is 16.2. The van der Waals surface area contributed by atoms with Crippen molar-refractivity contribution in [2.24, 2.45) is 0 Å². The number of rotatable bonds is 3. The van der Waals surface area contributed by atoms with Crippen LogP contribution in [0.1, 0.15) is 31.7 Å². The van der Waals surface area contributed by atoms with Gasteiger partial charge in [-0.25, -0.2) is 0 Å². The van der Waals surface area contributed by atoms with Crippen molar-refractivity contribution in [3.63, 3.8) is 0 Å². The summed E-state index contributed by atoms with van der Waals surface area (Å²) >= 11 is 0. The maximum Gasteiger partial charge on any atom is 0.241 e. The van der Waals surface area contributed by atoms with E-state index in [9.17, 15) is 4.79 Å². The Morgan fingerprint density at radius 1 is 1.32 bits per heavy atom. The summed E-state index contributed by atoms with van der Waals surface area (Å²) in [5, 5.41) is 2.99. The van der Waals surface area contributed by atoms with Gasteiger partial charge in [-0.2, -0.15) is 0 Å². The van der Waals surface area contributed by atoms with E-state index < -0.39 is 0 Å². The monoisotopic (exact) mass is 261 g/mol. The number of carbonyl (C=O) groups is 1. The molecule has 1 aliphatic rings. The Kier molecular flexibility index (Phi) is 4.43. The fourth-order valence-corrected chi connectivity index (χ4v) is 2.48. The quantitative estimate of drug-likeness (QED) is 0.821. The van der Waals surface area contributed by atoms with E-state index in [1.165, 1.54) is 19.3 Å². The molecule has 19 heavy (non-hydrogen) atoms. The van der Waals surface area contributed by atoms with Crippen molar-refractivity contribution in [2.75, 3.05) is 24.1 Å². The number of carbonyl (C=O) groups excluding carboxylic acids is 1. The van der Waals surface area contributed by atoms with Gasteiger partial charge in [0.1, 0.15) is 0 Å². The summed E-state index contributed by atoms with van der Waals surface area (Å²) in [7, 11) is 0.